The maximum atomic E-state index is 12.0. The molecular formula is C15H34O3Si2. The van der Waals surface area contributed by atoms with Gasteiger partial charge in [0.25, 0.3) is 0 Å². The summed E-state index contributed by atoms with van der Waals surface area (Å²) < 4.78 is 12.6. The highest BCUT2D eigenvalue weighted by Crippen LogP contribution is 2.28. The van der Waals surface area contributed by atoms with Gasteiger partial charge in [-0.1, -0.05) is 41.5 Å². The Morgan fingerprint density at radius 1 is 0.750 bits per heavy atom. The zero-order valence-corrected chi connectivity index (χ0v) is 16.5. The van der Waals surface area contributed by atoms with Crippen molar-refractivity contribution in [1.29, 1.82) is 0 Å². The Bertz CT molecular complexity index is 248. The first-order valence-electron chi connectivity index (χ1n) is 8.24. The second-order valence-electron chi connectivity index (χ2n) is 5.67. The van der Waals surface area contributed by atoms with Gasteiger partial charge in [-0.05, 0) is 43.2 Å². The molecule has 0 rings (SSSR count). The highest BCUT2D eigenvalue weighted by atomic mass is 28.4. The number of ketones is 1. The van der Waals surface area contributed by atoms with Crippen molar-refractivity contribution >= 4 is 22.4 Å². The SMILES string of the molecule is CC[Si](CC)(CC)OC(O[Si](CC)(CC)CC)C(C)=O. The second kappa shape index (κ2) is 9.13. The Kier molecular flexibility index (Phi) is 9.14. The van der Waals surface area contributed by atoms with Gasteiger partial charge in [-0.2, -0.15) is 0 Å². The van der Waals surface area contributed by atoms with Crippen LogP contribution in [-0.4, -0.2) is 28.7 Å². The molecule has 0 saturated carbocycles. The van der Waals surface area contributed by atoms with E-state index >= 15 is 0 Å². The fourth-order valence-electron chi connectivity index (χ4n) is 2.64. The van der Waals surface area contributed by atoms with Crippen LogP contribution in [0.25, 0.3) is 0 Å². The first kappa shape index (κ1) is 20.0. The number of hydrogen-bond acceptors (Lipinski definition) is 3. The van der Waals surface area contributed by atoms with Gasteiger partial charge in [0, 0.05) is 0 Å². The van der Waals surface area contributed by atoms with E-state index in [4.69, 9.17) is 8.85 Å². The largest absolute Gasteiger partial charge is 0.387 e. The maximum Gasteiger partial charge on any atom is 0.199 e. The number of carbonyl (C=O) groups is 1. The highest BCUT2D eigenvalue weighted by Gasteiger charge is 2.39. The molecule has 0 atom stereocenters. The van der Waals surface area contributed by atoms with Crippen molar-refractivity contribution in [3.63, 3.8) is 0 Å². The molecule has 5 heteroatoms. The summed E-state index contributed by atoms with van der Waals surface area (Å²) >= 11 is 0. The monoisotopic (exact) mass is 318 g/mol. The molecule has 3 nitrogen and oxygen atoms in total. The van der Waals surface area contributed by atoms with Gasteiger partial charge < -0.3 is 8.85 Å². The molecule has 0 aliphatic carbocycles. The zero-order valence-electron chi connectivity index (χ0n) is 14.5. The predicted octanol–water partition coefficient (Wildman–Crippen LogP) is 4.95. The summed E-state index contributed by atoms with van der Waals surface area (Å²) in [6, 6.07) is 6.29. The van der Waals surface area contributed by atoms with E-state index in [1.54, 1.807) is 6.92 Å². The van der Waals surface area contributed by atoms with Gasteiger partial charge in [0.05, 0.1) is 0 Å². The Hall–Kier alpha value is 0.0238. The van der Waals surface area contributed by atoms with Crippen LogP contribution in [0.15, 0.2) is 0 Å². The summed E-state index contributed by atoms with van der Waals surface area (Å²) in [5.74, 6) is 0.0319. The minimum absolute atomic E-state index is 0.0319. The summed E-state index contributed by atoms with van der Waals surface area (Å²) in [6.45, 7) is 14.7. The third-order valence-corrected chi connectivity index (χ3v) is 14.1. The lowest BCUT2D eigenvalue weighted by atomic mass is 10.4. The average Bonchev–Trinajstić information content (AvgIpc) is 2.48. The summed E-state index contributed by atoms with van der Waals surface area (Å²) in [7, 11) is -3.61. The van der Waals surface area contributed by atoms with Crippen molar-refractivity contribution in [3.05, 3.63) is 0 Å². The summed E-state index contributed by atoms with van der Waals surface area (Å²) in [5, 5.41) is 0. The van der Waals surface area contributed by atoms with Gasteiger partial charge in [-0.25, -0.2) is 0 Å². The molecule has 0 aromatic rings. The number of Topliss-reactive ketones (excluding diaryl/α,β-unsaturated/α-hetero) is 1. The normalized spacial score (nSPS) is 13.0. The van der Waals surface area contributed by atoms with Crippen LogP contribution < -0.4 is 0 Å². The van der Waals surface area contributed by atoms with Gasteiger partial charge in [0.15, 0.2) is 28.7 Å². The minimum Gasteiger partial charge on any atom is -0.387 e. The lowest BCUT2D eigenvalue weighted by Gasteiger charge is -2.37. The van der Waals surface area contributed by atoms with Crippen LogP contribution in [0.4, 0.5) is 0 Å². The molecule has 120 valence electrons. The number of carbonyl (C=O) groups excluding carboxylic acids is 1. The second-order valence-corrected chi connectivity index (χ2v) is 15.1. The van der Waals surface area contributed by atoms with E-state index in [1.807, 2.05) is 0 Å². The third-order valence-electron chi connectivity index (χ3n) is 4.91. The van der Waals surface area contributed by atoms with Gasteiger partial charge >= 0.3 is 0 Å². The average molecular weight is 319 g/mol. The van der Waals surface area contributed by atoms with Crippen LogP contribution in [0.2, 0.25) is 36.3 Å². The van der Waals surface area contributed by atoms with Crippen molar-refractivity contribution in [2.24, 2.45) is 0 Å². The van der Waals surface area contributed by atoms with Crippen LogP contribution in [0.5, 0.6) is 0 Å². The van der Waals surface area contributed by atoms with Crippen molar-refractivity contribution in [2.45, 2.75) is 91.0 Å². The maximum absolute atomic E-state index is 12.0. The molecule has 0 amide bonds. The van der Waals surface area contributed by atoms with E-state index in [9.17, 15) is 4.79 Å². The van der Waals surface area contributed by atoms with Crippen LogP contribution in [0.3, 0.4) is 0 Å². The molecule has 0 aromatic heterocycles. The Balaban J connectivity index is 5.12. The van der Waals surface area contributed by atoms with Gasteiger partial charge in [0.2, 0.25) is 0 Å². The Labute approximate surface area is 127 Å². The summed E-state index contributed by atoms with van der Waals surface area (Å²) in [6.07, 6.45) is -0.618. The topological polar surface area (TPSA) is 35.5 Å². The Morgan fingerprint density at radius 3 is 1.15 bits per heavy atom. The van der Waals surface area contributed by atoms with Gasteiger partial charge in [-0.3, -0.25) is 4.79 Å². The lowest BCUT2D eigenvalue weighted by molar-refractivity contribution is -0.138. The lowest BCUT2D eigenvalue weighted by Crippen LogP contribution is -2.49. The van der Waals surface area contributed by atoms with Crippen LogP contribution in [0, 0.1) is 0 Å². The molecule has 0 bridgehead atoms. The molecule has 0 aromatic carbocycles. The molecule has 20 heavy (non-hydrogen) atoms. The molecule has 0 spiro atoms. The molecule has 0 aliphatic heterocycles. The standard InChI is InChI=1S/C15H34O3Si2/c1-8-19(9-2,10-3)17-15(14(7)16)18-20(11-4,12-5)13-6/h15H,8-13H2,1-7H3. The first-order valence-corrected chi connectivity index (χ1v) is 13.3. The van der Waals surface area contributed by atoms with Crippen molar-refractivity contribution in [3.8, 4) is 0 Å². The van der Waals surface area contributed by atoms with E-state index in [0.29, 0.717) is 0 Å². The van der Waals surface area contributed by atoms with E-state index < -0.39 is 22.9 Å². The third kappa shape index (κ3) is 5.09. The molecule has 0 fully saturated rings. The van der Waals surface area contributed by atoms with Gasteiger partial charge in [0.1, 0.15) is 0 Å². The number of hydrogen-bond donors (Lipinski definition) is 0. The fourth-order valence-corrected chi connectivity index (χ4v) is 8.08. The minimum atomic E-state index is -1.80. The Morgan fingerprint density at radius 2 is 1.00 bits per heavy atom. The smallest absolute Gasteiger partial charge is 0.199 e. The molecule has 0 aliphatic rings. The van der Waals surface area contributed by atoms with E-state index in [0.717, 1.165) is 36.3 Å². The highest BCUT2D eigenvalue weighted by molar-refractivity contribution is 6.74. The fraction of sp³-hybridized carbons (Fsp3) is 0.933. The number of rotatable bonds is 11. The van der Waals surface area contributed by atoms with E-state index in [1.165, 1.54) is 0 Å². The van der Waals surface area contributed by atoms with Crippen LogP contribution >= 0.6 is 0 Å². The summed E-state index contributed by atoms with van der Waals surface area (Å²) in [4.78, 5) is 12.0. The van der Waals surface area contributed by atoms with E-state index in [2.05, 4.69) is 41.5 Å². The van der Waals surface area contributed by atoms with Crippen molar-refractivity contribution < 1.29 is 13.6 Å². The quantitative estimate of drug-likeness (QED) is 0.399. The van der Waals surface area contributed by atoms with E-state index in [-0.39, 0.29) is 5.78 Å². The van der Waals surface area contributed by atoms with Crippen LogP contribution in [-0.2, 0) is 13.6 Å². The molecule has 0 unspecified atom stereocenters. The first-order chi connectivity index (χ1) is 9.38. The molecular weight excluding hydrogens is 284 g/mol. The molecule has 0 heterocycles. The molecule has 0 radical (unpaired) electrons. The van der Waals surface area contributed by atoms with Crippen LogP contribution in [0.1, 0.15) is 48.5 Å². The molecule has 0 N–H and O–H groups in total. The van der Waals surface area contributed by atoms with Crippen molar-refractivity contribution in [1.82, 2.24) is 0 Å². The predicted molar refractivity (Wildman–Crippen MR) is 91.0 cm³/mol. The molecule has 0 saturated heterocycles. The zero-order chi connectivity index (χ0) is 15.8. The van der Waals surface area contributed by atoms with Gasteiger partial charge in [-0.15, -0.1) is 0 Å². The summed E-state index contributed by atoms with van der Waals surface area (Å²) in [5.41, 5.74) is 0. The van der Waals surface area contributed by atoms with Crippen molar-refractivity contribution in [2.75, 3.05) is 0 Å².